The lowest BCUT2D eigenvalue weighted by Gasteiger charge is -2.33. The summed E-state index contributed by atoms with van der Waals surface area (Å²) in [6.07, 6.45) is 7.92. The Hall–Kier alpha value is -1.51. The number of hydrogen-bond acceptors (Lipinski definition) is 5. The van der Waals surface area contributed by atoms with E-state index in [0.29, 0.717) is 13.0 Å². The summed E-state index contributed by atoms with van der Waals surface area (Å²) < 4.78 is 24.9. The molecule has 138 valence electrons. The molecule has 3 rings (SSSR count). The van der Waals surface area contributed by atoms with Crippen LogP contribution in [-0.2, 0) is 21.4 Å². The summed E-state index contributed by atoms with van der Waals surface area (Å²) in [5.74, 6) is -0.143. The normalized spacial score (nSPS) is 23.6. The fourth-order valence-electron chi connectivity index (χ4n) is 3.68. The van der Waals surface area contributed by atoms with Gasteiger partial charge in [-0.3, -0.25) is 14.7 Å². The fourth-order valence-corrected chi connectivity index (χ4v) is 4.80. The Morgan fingerprint density at radius 2 is 1.88 bits per heavy atom. The van der Waals surface area contributed by atoms with Gasteiger partial charge in [0.25, 0.3) is 0 Å². The fraction of sp³-hybridized carbons (Fsp3) is 0.647. The number of rotatable bonds is 5. The average molecular weight is 366 g/mol. The van der Waals surface area contributed by atoms with Gasteiger partial charge >= 0.3 is 0 Å². The molecule has 8 heteroatoms. The topological polar surface area (TPSA) is 82.6 Å². The highest BCUT2D eigenvalue weighted by Crippen LogP contribution is 2.21. The lowest BCUT2D eigenvalue weighted by molar-refractivity contribution is -0.125. The van der Waals surface area contributed by atoms with Crippen LogP contribution in [-0.4, -0.2) is 66.5 Å². The van der Waals surface area contributed by atoms with E-state index in [2.05, 4.69) is 15.2 Å². The van der Waals surface area contributed by atoms with Gasteiger partial charge in [-0.05, 0) is 43.4 Å². The summed E-state index contributed by atoms with van der Waals surface area (Å²) >= 11 is 0. The molecule has 2 aliphatic heterocycles. The first-order valence-electron chi connectivity index (χ1n) is 8.82. The second-order valence-electron chi connectivity index (χ2n) is 6.95. The van der Waals surface area contributed by atoms with Crippen LogP contribution >= 0.6 is 0 Å². The zero-order valence-electron chi connectivity index (χ0n) is 14.6. The van der Waals surface area contributed by atoms with E-state index in [1.165, 1.54) is 16.1 Å². The van der Waals surface area contributed by atoms with Gasteiger partial charge in [0.05, 0.1) is 6.26 Å². The number of aromatic nitrogens is 1. The Morgan fingerprint density at radius 1 is 1.20 bits per heavy atom. The van der Waals surface area contributed by atoms with Gasteiger partial charge in [0, 0.05) is 44.6 Å². The maximum atomic E-state index is 12.5. The van der Waals surface area contributed by atoms with Crippen molar-refractivity contribution in [3.8, 4) is 0 Å². The zero-order valence-corrected chi connectivity index (χ0v) is 15.4. The Balaban J connectivity index is 1.48. The molecule has 0 aliphatic carbocycles. The quantitative estimate of drug-likeness (QED) is 0.825. The molecule has 0 spiro atoms. The maximum absolute atomic E-state index is 12.5. The van der Waals surface area contributed by atoms with E-state index in [1.807, 2.05) is 12.1 Å². The van der Waals surface area contributed by atoms with Gasteiger partial charge in [-0.25, -0.2) is 8.42 Å². The standard InChI is InChI=1S/C17H26N4O3S/c1-25(23,24)21-10-2-3-16(21)17(22)19-15-6-11-20(12-7-15)13-14-4-8-18-9-5-14/h4-5,8-9,15-16H,2-3,6-7,10-13H2,1H3,(H,19,22)/t16-/m0/s1. The Kier molecular flexibility index (Phi) is 5.71. The summed E-state index contributed by atoms with van der Waals surface area (Å²) in [7, 11) is -3.32. The minimum Gasteiger partial charge on any atom is -0.352 e. The number of carbonyl (C=O) groups is 1. The molecule has 2 aliphatic rings. The van der Waals surface area contributed by atoms with Crippen molar-refractivity contribution in [2.24, 2.45) is 0 Å². The summed E-state index contributed by atoms with van der Waals surface area (Å²) in [5, 5.41) is 3.07. The minimum absolute atomic E-state index is 0.128. The first-order valence-corrected chi connectivity index (χ1v) is 10.7. The zero-order chi connectivity index (χ0) is 17.9. The molecule has 0 unspecified atom stereocenters. The van der Waals surface area contributed by atoms with E-state index < -0.39 is 16.1 Å². The van der Waals surface area contributed by atoms with Crippen molar-refractivity contribution in [2.75, 3.05) is 25.9 Å². The molecule has 2 saturated heterocycles. The molecule has 3 heterocycles. The molecule has 1 amide bonds. The number of amides is 1. The number of nitrogens with zero attached hydrogens (tertiary/aromatic N) is 3. The van der Waals surface area contributed by atoms with Crippen LogP contribution in [0.15, 0.2) is 24.5 Å². The molecular formula is C17H26N4O3S. The predicted octanol–water partition coefficient (Wildman–Crippen LogP) is 0.586. The smallest absolute Gasteiger partial charge is 0.238 e. The Bertz CT molecular complexity index is 687. The molecule has 2 fully saturated rings. The third kappa shape index (κ3) is 4.77. The lowest BCUT2D eigenvalue weighted by atomic mass is 10.0. The molecule has 7 nitrogen and oxygen atoms in total. The van der Waals surface area contributed by atoms with Crippen LogP contribution in [0.4, 0.5) is 0 Å². The molecule has 25 heavy (non-hydrogen) atoms. The molecular weight excluding hydrogens is 340 g/mol. The van der Waals surface area contributed by atoms with Crippen molar-refractivity contribution in [2.45, 2.75) is 44.3 Å². The van der Waals surface area contributed by atoms with Crippen LogP contribution in [0.3, 0.4) is 0 Å². The van der Waals surface area contributed by atoms with Gasteiger partial charge in [0.15, 0.2) is 0 Å². The van der Waals surface area contributed by atoms with Crippen molar-refractivity contribution >= 4 is 15.9 Å². The monoisotopic (exact) mass is 366 g/mol. The summed E-state index contributed by atoms with van der Waals surface area (Å²) in [4.78, 5) is 18.9. The SMILES string of the molecule is CS(=O)(=O)N1CCC[C@H]1C(=O)NC1CCN(Cc2ccncc2)CC1. The van der Waals surface area contributed by atoms with Gasteiger partial charge < -0.3 is 5.32 Å². The van der Waals surface area contributed by atoms with Gasteiger partial charge in [0.2, 0.25) is 15.9 Å². The van der Waals surface area contributed by atoms with Crippen LogP contribution in [0.25, 0.3) is 0 Å². The molecule has 0 radical (unpaired) electrons. The van der Waals surface area contributed by atoms with Crippen LogP contribution in [0.2, 0.25) is 0 Å². The van der Waals surface area contributed by atoms with Gasteiger partial charge in [0.1, 0.15) is 6.04 Å². The number of pyridine rings is 1. The maximum Gasteiger partial charge on any atom is 0.238 e. The number of hydrogen-bond donors (Lipinski definition) is 1. The van der Waals surface area contributed by atoms with E-state index in [-0.39, 0.29) is 11.9 Å². The van der Waals surface area contributed by atoms with Crippen LogP contribution in [0, 0.1) is 0 Å². The van der Waals surface area contributed by atoms with Crippen molar-refractivity contribution in [3.63, 3.8) is 0 Å². The number of sulfonamides is 1. The second kappa shape index (κ2) is 7.80. The van der Waals surface area contributed by atoms with E-state index in [9.17, 15) is 13.2 Å². The van der Waals surface area contributed by atoms with E-state index in [0.717, 1.165) is 38.9 Å². The van der Waals surface area contributed by atoms with Crippen molar-refractivity contribution < 1.29 is 13.2 Å². The van der Waals surface area contributed by atoms with Crippen molar-refractivity contribution in [3.05, 3.63) is 30.1 Å². The first-order chi connectivity index (χ1) is 11.9. The molecule has 0 bridgehead atoms. The third-order valence-electron chi connectivity index (χ3n) is 5.02. The van der Waals surface area contributed by atoms with Crippen molar-refractivity contribution in [1.82, 2.24) is 19.5 Å². The minimum atomic E-state index is -3.32. The van der Waals surface area contributed by atoms with E-state index >= 15 is 0 Å². The van der Waals surface area contributed by atoms with Crippen LogP contribution in [0.5, 0.6) is 0 Å². The number of carbonyl (C=O) groups excluding carboxylic acids is 1. The number of likely N-dealkylation sites (tertiary alicyclic amines) is 1. The van der Waals surface area contributed by atoms with E-state index in [4.69, 9.17) is 0 Å². The molecule has 1 N–H and O–H groups in total. The first kappa shape index (κ1) is 18.3. The van der Waals surface area contributed by atoms with Crippen molar-refractivity contribution in [1.29, 1.82) is 0 Å². The number of nitrogens with one attached hydrogen (secondary N) is 1. The lowest BCUT2D eigenvalue weighted by Crippen LogP contribution is -2.51. The largest absolute Gasteiger partial charge is 0.352 e. The van der Waals surface area contributed by atoms with Gasteiger partial charge in [-0.2, -0.15) is 4.31 Å². The Labute approximate surface area is 149 Å². The summed E-state index contributed by atoms with van der Waals surface area (Å²) in [5.41, 5.74) is 1.24. The summed E-state index contributed by atoms with van der Waals surface area (Å²) in [6, 6.07) is 3.63. The van der Waals surface area contributed by atoms with E-state index in [1.54, 1.807) is 12.4 Å². The predicted molar refractivity (Wildman–Crippen MR) is 95.3 cm³/mol. The summed E-state index contributed by atoms with van der Waals surface area (Å²) in [6.45, 7) is 3.19. The van der Waals surface area contributed by atoms with Crippen LogP contribution in [0.1, 0.15) is 31.2 Å². The molecule has 0 saturated carbocycles. The molecule has 1 atom stereocenters. The highest BCUT2D eigenvalue weighted by Gasteiger charge is 2.37. The third-order valence-corrected chi connectivity index (χ3v) is 6.31. The highest BCUT2D eigenvalue weighted by molar-refractivity contribution is 7.88. The van der Waals surface area contributed by atoms with Crippen LogP contribution < -0.4 is 5.32 Å². The van der Waals surface area contributed by atoms with Gasteiger partial charge in [-0.15, -0.1) is 0 Å². The van der Waals surface area contributed by atoms with Gasteiger partial charge in [-0.1, -0.05) is 0 Å². The molecule has 1 aromatic heterocycles. The highest BCUT2D eigenvalue weighted by atomic mass is 32.2. The Morgan fingerprint density at radius 3 is 2.52 bits per heavy atom. The second-order valence-corrected chi connectivity index (χ2v) is 8.88. The average Bonchev–Trinajstić information content (AvgIpc) is 3.08. The molecule has 1 aromatic rings. The molecule has 0 aromatic carbocycles. The number of piperidine rings is 1.